The molecule has 0 aliphatic rings. The van der Waals surface area contributed by atoms with Gasteiger partial charge in [0, 0.05) is 18.0 Å². The Bertz CT molecular complexity index is 988. The summed E-state index contributed by atoms with van der Waals surface area (Å²) in [7, 11) is 1.61. The van der Waals surface area contributed by atoms with E-state index in [0.717, 1.165) is 27.3 Å². The summed E-state index contributed by atoms with van der Waals surface area (Å²) in [4.78, 5) is 29.3. The fraction of sp³-hybridized carbons (Fsp3) is 0.211. The van der Waals surface area contributed by atoms with Crippen LogP contribution in [0.25, 0.3) is 10.4 Å². The van der Waals surface area contributed by atoms with Gasteiger partial charge in [-0.1, -0.05) is 24.3 Å². The van der Waals surface area contributed by atoms with Gasteiger partial charge in [-0.2, -0.15) is 0 Å². The van der Waals surface area contributed by atoms with Crippen LogP contribution < -0.4 is 11.3 Å². The molecule has 0 fully saturated rings. The molecular formula is C19H19N3O2S. The molecular weight excluding hydrogens is 334 g/mol. The maximum Gasteiger partial charge on any atom is 0.254 e. The average Bonchev–Trinajstić information content (AvgIpc) is 3.08. The third-order valence-electron chi connectivity index (χ3n) is 4.06. The molecule has 0 atom stereocenters. The quantitative estimate of drug-likeness (QED) is 0.715. The Kier molecular flexibility index (Phi) is 4.81. The fourth-order valence-corrected chi connectivity index (χ4v) is 3.47. The number of benzene rings is 1. The number of hydrogen-bond acceptors (Lipinski definition) is 5. The van der Waals surface area contributed by atoms with Crippen molar-refractivity contribution in [2.45, 2.75) is 19.8 Å². The van der Waals surface area contributed by atoms with Gasteiger partial charge < -0.3 is 5.73 Å². The van der Waals surface area contributed by atoms with Gasteiger partial charge in [-0.25, -0.2) is 4.98 Å². The van der Waals surface area contributed by atoms with E-state index >= 15 is 0 Å². The largest absolute Gasteiger partial charge is 0.369 e. The van der Waals surface area contributed by atoms with Crippen molar-refractivity contribution >= 4 is 23.1 Å². The zero-order chi connectivity index (χ0) is 18.0. The van der Waals surface area contributed by atoms with Crippen molar-refractivity contribution in [1.82, 2.24) is 9.55 Å². The lowest BCUT2D eigenvalue weighted by atomic mass is 10.0. The molecule has 1 aromatic carbocycles. The van der Waals surface area contributed by atoms with E-state index in [1.165, 1.54) is 22.0 Å². The number of nitrogens with zero attached hydrogens (tertiary/aromatic N) is 2. The van der Waals surface area contributed by atoms with Crippen molar-refractivity contribution < 1.29 is 4.79 Å². The Morgan fingerprint density at radius 1 is 1.20 bits per heavy atom. The zero-order valence-electron chi connectivity index (χ0n) is 14.2. The topological polar surface area (TPSA) is 78.0 Å². The van der Waals surface area contributed by atoms with E-state index in [4.69, 9.17) is 5.73 Å². The summed E-state index contributed by atoms with van der Waals surface area (Å²) in [5.74, 6) is 0.313. The number of Topliss-reactive ketones (excluding diaryl/α,β-unsaturated/α-hetero) is 1. The van der Waals surface area contributed by atoms with Gasteiger partial charge in [-0.05, 0) is 43.0 Å². The smallest absolute Gasteiger partial charge is 0.254 e. The molecule has 25 heavy (non-hydrogen) atoms. The zero-order valence-corrected chi connectivity index (χ0v) is 15.0. The molecule has 0 amide bonds. The highest BCUT2D eigenvalue weighted by Gasteiger charge is 2.08. The van der Waals surface area contributed by atoms with Crippen LogP contribution in [-0.2, 0) is 19.9 Å². The van der Waals surface area contributed by atoms with Crippen LogP contribution >= 0.6 is 11.3 Å². The minimum Gasteiger partial charge on any atom is -0.369 e. The molecule has 5 nitrogen and oxygen atoms in total. The molecule has 0 radical (unpaired) electrons. The van der Waals surface area contributed by atoms with E-state index in [1.54, 1.807) is 14.0 Å². The molecule has 128 valence electrons. The predicted octanol–water partition coefficient (Wildman–Crippen LogP) is 3.08. The van der Waals surface area contributed by atoms with Gasteiger partial charge in [0.25, 0.3) is 5.56 Å². The first kappa shape index (κ1) is 17.1. The summed E-state index contributed by atoms with van der Waals surface area (Å²) in [6.45, 7) is 1.58. The molecule has 6 heteroatoms. The van der Waals surface area contributed by atoms with Crippen LogP contribution in [0.1, 0.15) is 27.9 Å². The third kappa shape index (κ3) is 3.85. The molecule has 0 aliphatic carbocycles. The molecule has 0 unspecified atom stereocenters. The number of thiophene rings is 1. The molecule has 2 heterocycles. The van der Waals surface area contributed by atoms with Gasteiger partial charge in [-0.15, -0.1) is 11.3 Å². The van der Waals surface area contributed by atoms with Gasteiger partial charge in [-0.3, -0.25) is 14.2 Å². The maximum atomic E-state index is 11.8. The summed E-state index contributed by atoms with van der Waals surface area (Å²) in [6, 6.07) is 13.6. The number of aryl methyl sites for hydroxylation is 2. The molecule has 0 aliphatic heterocycles. The number of nitrogens with two attached hydrogens (primary N) is 1. The summed E-state index contributed by atoms with van der Waals surface area (Å²) in [6.07, 6.45) is 1.41. The Morgan fingerprint density at radius 3 is 2.68 bits per heavy atom. The monoisotopic (exact) mass is 353 g/mol. The number of hydrogen-bond donors (Lipinski definition) is 1. The van der Waals surface area contributed by atoms with Crippen LogP contribution in [0, 0.1) is 0 Å². The van der Waals surface area contributed by atoms with Crippen LogP contribution in [-0.4, -0.2) is 15.3 Å². The first-order valence-corrected chi connectivity index (χ1v) is 8.78. The predicted molar refractivity (Wildman–Crippen MR) is 101 cm³/mol. The lowest BCUT2D eigenvalue weighted by Gasteiger charge is -2.06. The Balaban J connectivity index is 1.78. The van der Waals surface area contributed by atoms with Crippen molar-refractivity contribution in [2.75, 3.05) is 5.73 Å². The van der Waals surface area contributed by atoms with Gasteiger partial charge in [0.15, 0.2) is 5.78 Å². The van der Waals surface area contributed by atoms with Gasteiger partial charge in [0.05, 0.1) is 10.6 Å². The summed E-state index contributed by atoms with van der Waals surface area (Å²) < 4.78 is 1.33. The molecule has 0 spiro atoms. The van der Waals surface area contributed by atoms with Crippen molar-refractivity contribution in [2.24, 2.45) is 7.05 Å². The van der Waals surface area contributed by atoms with Crippen molar-refractivity contribution in [3.63, 3.8) is 0 Å². The lowest BCUT2D eigenvalue weighted by Crippen LogP contribution is -2.21. The van der Waals surface area contributed by atoms with Crippen molar-refractivity contribution in [1.29, 1.82) is 0 Å². The molecule has 0 saturated carbocycles. The summed E-state index contributed by atoms with van der Waals surface area (Å²) in [5, 5.41) is 0. The van der Waals surface area contributed by atoms with Crippen molar-refractivity contribution in [3.05, 3.63) is 69.0 Å². The van der Waals surface area contributed by atoms with Gasteiger partial charge in [0.1, 0.15) is 0 Å². The maximum absolute atomic E-state index is 11.8. The van der Waals surface area contributed by atoms with Gasteiger partial charge >= 0.3 is 0 Å². The molecule has 3 aromatic rings. The van der Waals surface area contributed by atoms with Crippen LogP contribution in [0.5, 0.6) is 0 Å². The van der Waals surface area contributed by atoms with Crippen LogP contribution in [0.15, 0.2) is 47.3 Å². The Morgan fingerprint density at radius 2 is 2.00 bits per heavy atom. The number of aromatic nitrogens is 2. The van der Waals surface area contributed by atoms with E-state index in [0.29, 0.717) is 12.1 Å². The molecule has 0 saturated heterocycles. The molecule has 3 rings (SSSR count). The van der Waals surface area contributed by atoms with E-state index in [2.05, 4.69) is 11.1 Å². The highest BCUT2D eigenvalue weighted by atomic mass is 32.1. The lowest BCUT2D eigenvalue weighted by molar-refractivity contribution is 0.102. The van der Waals surface area contributed by atoms with Crippen LogP contribution in [0.3, 0.4) is 0 Å². The minimum atomic E-state index is -0.147. The third-order valence-corrected chi connectivity index (χ3v) is 5.29. The SMILES string of the molecule is CC(=O)c1ccc(-c2cccc(CCc3cc(=O)n(C)c(N)n3)c2)s1. The number of carbonyl (C=O) groups is 1. The first-order valence-electron chi connectivity index (χ1n) is 7.96. The number of rotatable bonds is 5. The minimum absolute atomic E-state index is 0.0849. The highest BCUT2D eigenvalue weighted by molar-refractivity contribution is 7.17. The average molecular weight is 353 g/mol. The molecule has 0 bridgehead atoms. The number of nitrogen functional groups attached to an aromatic ring is 1. The second kappa shape index (κ2) is 7.03. The number of ketones is 1. The first-order chi connectivity index (χ1) is 11.9. The number of anilines is 1. The van der Waals surface area contributed by atoms with Crippen molar-refractivity contribution in [3.8, 4) is 10.4 Å². The standard InChI is InChI=1S/C19H19N3O2S/c1-12(23)16-8-9-17(25-16)14-5-3-4-13(10-14)6-7-15-11-18(24)22(2)19(20)21-15/h3-5,8-11H,6-7H2,1-2H3,(H2,20,21). The molecule has 2 aromatic heterocycles. The van der Waals surface area contributed by atoms with Crippen LogP contribution in [0.4, 0.5) is 5.95 Å². The van der Waals surface area contributed by atoms with Crippen LogP contribution in [0.2, 0.25) is 0 Å². The normalized spacial score (nSPS) is 10.8. The Labute approximate surface area is 149 Å². The van der Waals surface area contributed by atoms with E-state index in [-0.39, 0.29) is 17.3 Å². The summed E-state index contributed by atoms with van der Waals surface area (Å²) in [5.41, 5.74) is 8.53. The highest BCUT2D eigenvalue weighted by Crippen LogP contribution is 2.29. The Hall–Kier alpha value is -2.73. The van der Waals surface area contributed by atoms with E-state index < -0.39 is 0 Å². The number of carbonyl (C=O) groups excluding carboxylic acids is 1. The fourth-order valence-electron chi connectivity index (χ4n) is 2.57. The molecule has 2 N–H and O–H groups in total. The second-order valence-corrected chi connectivity index (χ2v) is 7.01. The second-order valence-electron chi connectivity index (χ2n) is 5.92. The summed E-state index contributed by atoms with van der Waals surface area (Å²) >= 11 is 1.50. The van der Waals surface area contributed by atoms with Gasteiger partial charge in [0.2, 0.25) is 5.95 Å². The van der Waals surface area contributed by atoms with E-state index in [1.807, 2.05) is 30.3 Å². The van der Waals surface area contributed by atoms with E-state index in [9.17, 15) is 9.59 Å².